The van der Waals surface area contributed by atoms with Gasteiger partial charge in [-0.2, -0.15) is 0 Å². The Balaban J connectivity index is 2.07. The highest BCUT2D eigenvalue weighted by Gasteiger charge is 2.17. The molecule has 0 heterocycles. The van der Waals surface area contributed by atoms with E-state index >= 15 is 0 Å². The fraction of sp³-hybridized carbons (Fsp3) is 0.200. The molecule has 1 N–H and O–H groups in total. The minimum Gasteiger partial charge on any atom is -0.211 e. The minimum atomic E-state index is -3.70. The average Bonchev–Trinajstić information content (AvgIpc) is 2.40. The molecule has 0 atom stereocenters. The van der Waals surface area contributed by atoms with Crippen molar-refractivity contribution in [3.05, 3.63) is 64.4 Å². The Hall–Kier alpha value is -1.43. The largest absolute Gasteiger partial charge is 0.242 e. The van der Waals surface area contributed by atoms with Crippen molar-refractivity contribution in [1.82, 2.24) is 4.72 Å². The van der Waals surface area contributed by atoms with Gasteiger partial charge in [-0.05, 0) is 42.7 Å². The van der Waals surface area contributed by atoms with Gasteiger partial charge in [0.25, 0.3) is 0 Å². The second-order valence-corrected chi connectivity index (χ2v) is 6.82. The second-order valence-electron chi connectivity index (χ2n) is 4.67. The van der Waals surface area contributed by atoms with Gasteiger partial charge in [-0.3, -0.25) is 0 Å². The molecule has 0 aliphatic heterocycles. The van der Waals surface area contributed by atoms with Crippen molar-refractivity contribution in [3.63, 3.8) is 0 Å². The van der Waals surface area contributed by atoms with Crippen LogP contribution < -0.4 is 4.72 Å². The van der Waals surface area contributed by atoms with E-state index in [1.165, 1.54) is 12.1 Å². The van der Waals surface area contributed by atoms with Crippen molar-refractivity contribution in [1.29, 1.82) is 0 Å². The monoisotopic (exact) mass is 327 g/mol. The predicted octanol–water partition coefficient (Wildman–Crippen LogP) is 3.31. The molecule has 0 radical (unpaired) electrons. The van der Waals surface area contributed by atoms with E-state index in [1.807, 2.05) is 6.92 Å². The first kappa shape index (κ1) is 15.9. The van der Waals surface area contributed by atoms with Gasteiger partial charge >= 0.3 is 0 Å². The first-order valence-corrected chi connectivity index (χ1v) is 8.25. The summed E-state index contributed by atoms with van der Waals surface area (Å²) in [4.78, 5) is 0.0308. The normalized spacial score (nSPS) is 11.6. The molecule has 2 rings (SSSR count). The summed E-state index contributed by atoms with van der Waals surface area (Å²) in [5.74, 6) is -0.343. The van der Waals surface area contributed by atoms with Crippen molar-refractivity contribution in [3.8, 4) is 0 Å². The Morgan fingerprint density at radius 1 is 1.19 bits per heavy atom. The van der Waals surface area contributed by atoms with Crippen LogP contribution in [0.3, 0.4) is 0 Å². The van der Waals surface area contributed by atoms with Crippen LogP contribution in [0.1, 0.15) is 11.1 Å². The molecular weight excluding hydrogens is 313 g/mol. The van der Waals surface area contributed by atoms with Crippen LogP contribution in [0.2, 0.25) is 5.02 Å². The molecule has 0 bridgehead atoms. The first-order valence-electron chi connectivity index (χ1n) is 6.39. The third kappa shape index (κ3) is 4.03. The Kier molecular flexibility index (Phi) is 4.98. The highest BCUT2D eigenvalue weighted by atomic mass is 35.5. The summed E-state index contributed by atoms with van der Waals surface area (Å²) < 4.78 is 40.2. The van der Waals surface area contributed by atoms with E-state index in [1.54, 1.807) is 30.3 Å². The molecule has 2 aromatic carbocycles. The van der Waals surface area contributed by atoms with Gasteiger partial charge in [0.05, 0.1) is 5.02 Å². The van der Waals surface area contributed by atoms with Crippen LogP contribution in [0.15, 0.2) is 47.4 Å². The molecule has 0 spiro atoms. The maximum absolute atomic E-state index is 13.4. The Labute approximate surface area is 128 Å². The van der Waals surface area contributed by atoms with E-state index in [0.29, 0.717) is 5.56 Å². The van der Waals surface area contributed by atoms with Crippen LogP contribution in [0, 0.1) is 12.7 Å². The van der Waals surface area contributed by atoms with Gasteiger partial charge in [-0.1, -0.05) is 35.9 Å². The lowest BCUT2D eigenvalue weighted by Gasteiger charge is -2.09. The molecule has 0 saturated carbocycles. The number of hydrogen-bond acceptors (Lipinski definition) is 2. The highest BCUT2D eigenvalue weighted by molar-refractivity contribution is 7.89. The molecule has 0 aliphatic carbocycles. The first-order chi connectivity index (χ1) is 9.90. The summed E-state index contributed by atoms with van der Waals surface area (Å²) in [6.07, 6.45) is 0.273. The number of nitrogens with one attached hydrogen (secondary N) is 1. The molecule has 6 heteroatoms. The van der Waals surface area contributed by atoms with Crippen LogP contribution in [0.5, 0.6) is 0 Å². The molecule has 0 unspecified atom stereocenters. The van der Waals surface area contributed by atoms with E-state index in [9.17, 15) is 12.8 Å². The quantitative estimate of drug-likeness (QED) is 0.915. The fourth-order valence-corrected chi connectivity index (χ4v) is 3.55. The zero-order valence-corrected chi connectivity index (χ0v) is 13.0. The van der Waals surface area contributed by atoms with Gasteiger partial charge in [0.2, 0.25) is 10.0 Å². The zero-order valence-electron chi connectivity index (χ0n) is 11.4. The van der Waals surface area contributed by atoms with Gasteiger partial charge < -0.3 is 0 Å². The summed E-state index contributed by atoms with van der Waals surface area (Å²) in [5.41, 5.74) is 1.35. The van der Waals surface area contributed by atoms with Crippen LogP contribution in [0.25, 0.3) is 0 Å². The van der Waals surface area contributed by atoms with E-state index in [0.717, 1.165) is 5.56 Å². The van der Waals surface area contributed by atoms with Gasteiger partial charge in [-0.15, -0.1) is 0 Å². The van der Waals surface area contributed by atoms with Crippen molar-refractivity contribution < 1.29 is 12.8 Å². The molecule has 0 amide bonds. The van der Waals surface area contributed by atoms with Crippen molar-refractivity contribution >= 4 is 21.6 Å². The third-order valence-corrected chi connectivity index (χ3v) is 4.97. The standard InChI is InChI=1S/C15H15ClFNO2S/c1-11-6-7-15(13(16)10-11)21(19,20)18-9-8-12-4-2-3-5-14(12)17/h2-7,10,18H,8-9H2,1H3. The van der Waals surface area contributed by atoms with Gasteiger partial charge in [0.1, 0.15) is 10.7 Å². The van der Waals surface area contributed by atoms with Gasteiger partial charge in [-0.25, -0.2) is 17.5 Å². The topological polar surface area (TPSA) is 46.2 Å². The summed E-state index contributed by atoms with van der Waals surface area (Å²) >= 11 is 5.96. The number of halogens is 2. The summed E-state index contributed by atoms with van der Waals surface area (Å²) in [6.45, 7) is 1.93. The van der Waals surface area contributed by atoms with Crippen LogP contribution >= 0.6 is 11.6 Å². The van der Waals surface area contributed by atoms with Gasteiger partial charge in [0.15, 0.2) is 0 Å². The molecular formula is C15H15ClFNO2S. The second kappa shape index (κ2) is 6.56. The van der Waals surface area contributed by atoms with Gasteiger partial charge in [0, 0.05) is 6.54 Å². The Morgan fingerprint density at radius 2 is 1.90 bits per heavy atom. The molecule has 0 aromatic heterocycles. The molecule has 2 aromatic rings. The SMILES string of the molecule is Cc1ccc(S(=O)(=O)NCCc2ccccc2F)c(Cl)c1. The molecule has 0 fully saturated rings. The molecule has 3 nitrogen and oxygen atoms in total. The molecule has 21 heavy (non-hydrogen) atoms. The Bertz CT molecular complexity index is 747. The highest BCUT2D eigenvalue weighted by Crippen LogP contribution is 2.22. The van der Waals surface area contributed by atoms with Crippen molar-refractivity contribution in [2.45, 2.75) is 18.2 Å². The van der Waals surface area contributed by atoms with E-state index < -0.39 is 10.0 Å². The lowest BCUT2D eigenvalue weighted by Crippen LogP contribution is -2.26. The number of benzene rings is 2. The van der Waals surface area contributed by atoms with Crippen LogP contribution in [-0.4, -0.2) is 15.0 Å². The van der Waals surface area contributed by atoms with Crippen LogP contribution in [-0.2, 0) is 16.4 Å². The number of rotatable bonds is 5. The maximum Gasteiger partial charge on any atom is 0.242 e. The lowest BCUT2D eigenvalue weighted by atomic mass is 10.1. The Morgan fingerprint density at radius 3 is 2.57 bits per heavy atom. The summed E-state index contributed by atoms with van der Waals surface area (Å²) in [7, 11) is -3.70. The lowest BCUT2D eigenvalue weighted by molar-refractivity contribution is 0.577. The summed E-state index contributed by atoms with van der Waals surface area (Å²) in [6, 6.07) is 11.0. The number of hydrogen-bond donors (Lipinski definition) is 1. The molecule has 0 saturated heterocycles. The third-order valence-electron chi connectivity index (χ3n) is 3.02. The predicted molar refractivity (Wildman–Crippen MR) is 81.5 cm³/mol. The minimum absolute atomic E-state index is 0.0308. The summed E-state index contributed by atoms with van der Waals surface area (Å²) in [5, 5.41) is 0.174. The zero-order chi connectivity index (χ0) is 15.5. The average molecular weight is 328 g/mol. The van der Waals surface area contributed by atoms with Crippen LogP contribution in [0.4, 0.5) is 4.39 Å². The van der Waals surface area contributed by atoms with Crippen molar-refractivity contribution in [2.75, 3.05) is 6.54 Å². The van der Waals surface area contributed by atoms with E-state index in [2.05, 4.69) is 4.72 Å². The molecule has 112 valence electrons. The number of aryl methyl sites for hydroxylation is 1. The number of sulfonamides is 1. The maximum atomic E-state index is 13.4. The fourth-order valence-electron chi connectivity index (χ4n) is 1.92. The van der Waals surface area contributed by atoms with Crippen molar-refractivity contribution in [2.24, 2.45) is 0 Å². The van der Waals surface area contributed by atoms with E-state index in [4.69, 9.17) is 11.6 Å². The van der Waals surface area contributed by atoms with E-state index in [-0.39, 0.29) is 28.7 Å². The molecule has 0 aliphatic rings. The smallest absolute Gasteiger partial charge is 0.211 e.